The molecule has 0 amide bonds. The molecule has 19 heavy (non-hydrogen) atoms. The average molecular weight is 286 g/mol. The number of nitrogens with one attached hydrogen (secondary N) is 4. The van der Waals surface area contributed by atoms with Crippen molar-refractivity contribution in [3.8, 4) is 0 Å². The molecule has 0 bridgehead atoms. The maximum absolute atomic E-state index is 11.3. The molecule has 0 saturated carbocycles. The molecule has 0 unspecified atom stereocenters. The van der Waals surface area contributed by atoms with E-state index in [1.165, 1.54) is 7.05 Å². The number of hydrogen-bond acceptors (Lipinski definition) is 8. The first-order chi connectivity index (χ1) is 9.05. The van der Waals surface area contributed by atoms with E-state index < -0.39 is 10.0 Å². The van der Waals surface area contributed by atoms with Crippen LogP contribution >= 0.6 is 0 Å². The largest absolute Gasteiger partial charge is 0.368 e. The van der Waals surface area contributed by atoms with Gasteiger partial charge in [-0.1, -0.05) is 0 Å². The molecular formula is C8H14N8O2S. The number of nitrogens with zero attached hydrogens (tertiary/aromatic N) is 3. The Morgan fingerprint density at radius 3 is 2.89 bits per heavy atom. The van der Waals surface area contributed by atoms with E-state index in [1.807, 2.05) is 0 Å². The van der Waals surface area contributed by atoms with Gasteiger partial charge in [0.2, 0.25) is 16.0 Å². The van der Waals surface area contributed by atoms with Crippen molar-refractivity contribution in [3.63, 3.8) is 0 Å². The van der Waals surface area contributed by atoms with Crippen molar-refractivity contribution >= 4 is 32.8 Å². The molecule has 2 rings (SSSR count). The summed E-state index contributed by atoms with van der Waals surface area (Å²) in [6.07, 6.45) is 1.55. The highest BCUT2D eigenvalue weighted by molar-refractivity contribution is 7.89. The van der Waals surface area contributed by atoms with E-state index in [2.05, 4.69) is 35.6 Å². The topological polar surface area (TPSA) is 151 Å². The van der Waals surface area contributed by atoms with Gasteiger partial charge in [0.05, 0.1) is 17.3 Å². The van der Waals surface area contributed by atoms with Crippen molar-refractivity contribution < 1.29 is 8.42 Å². The second-order valence-corrected chi connectivity index (χ2v) is 5.67. The van der Waals surface area contributed by atoms with Gasteiger partial charge >= 0.3 is 0 Å². The normalized spacial score (nSPS) is 11.7. The van der Waals surface area contributed by atoms with E-state index in [1.54, 1.807) is 6.20 Å². The zero-order valence-corrected chi connectivity index (χ0v) is 11.0. The molecule has 0 aromatic carbocycles. The van der Waals surface area contributed by atoms with Gasteiger partial charge in [-0.15, -0.1) is 0 Å². The van der Waals surface area contributed by atoms with Crippen molar-refractivity contribution in [2.75, 3.05) is 30.1 Å². The molecule has 0 spiro atoms. The lowest BCUT2D eigenvalue weighted by molar-refractivity contribution is 0.588. The fraction of sp³-hybridized carbons (Fsp3) is 0.375. The molecule has 0 atom stereocenters. The summed E-state index contributed by atoms with van der Waals surface area (Å²) in [6.45, 7) is 0.199. The average Bonchev–Trinajstić information content (AvgIpc) is 2.86. The summed E-state index contributed by atoms with van der Waals surface area (Å²) in [6, 6.07) is 0. The number of sulfonamides is 1. The predicted octanol–water partition coefficient (Wildman–Crippen LogP) is -1.40. The molecule has 2 heterocycles. The van der Waals surface area contributed by atoms with Gasteiger partial charge in [-0.25, -0.2) is 19.0 Å². The highest BCUT2D eigenvalue weighted by Gasteiger charge is 2.10. The van der Waals surface area contributed by atoms with Crippen LogP contribution in [0.2, 0.25) is 0 Å². The number of anilines is 2. The van der Waals surface area contributed by atoms with Crippen molar-refractivity contribution in [2.24, 2.45) is 5.84 Å². The van der Waals surface area contributed by atoms with Crippen LogP contribution in [0.15, 0.2) is 6.20 Å². The van der Waals surface area contributed by atoms with Gasteiger partial charge in [0.15, 0.2) is 5.65 Å². The number of rotatable bonds is 6. The van der Waals surface area contributed by atoms with E-state index in [0.29, 0.717) is 16.9 Å². The monoisotopic (exact) mass is 286 g/mol. The van der Waals surface area contributed by atoms with Crippen LogP contribution in [-0.2, 0) is 10.0 Å². The zero-order valence-electron chi connectivity index (χ0n) is 10.1. The Kier molecular flexibility index (Phi) is 3.78. The smallest absolute Gasteiger partial charge is 0.241 e. The maximum Gasteiger partial charge on any atom is 0.241 e. The van der Waals surface area contributed by atoms with Crippen molar-refractivity contribution in [2.45, 2.75) is 0 Å². The lowest BCUT2D eigenvalue weighted by Gasteiger charge is -2.08. The number of H-pyrrole nitrogens is 1. The maximum atomic E-state index is 11.3. The van der Waals surface area contributed by atoms with Crippen molar-refractivity contribution in [3.05, 3.63) is 6.20 Å². The minimum absolute atomic E-state index is 0.0712. The summed E-state index contributed by atoms with van der Waals surface area (Å²) in [7, 11) is -1.90. The molecule has 0 aliphatic rings. The molecule has 0 fully saturated rings. The van der Waals surface area contributed by atoms with Crippen LogP contribution in [0.25, 0.3) is 11.0 Å². The molecule has 2 aromatic rings. The van der Waals surface area contributed by atoms with E-state index >= 15 is 0 Å². The van der Waals surface area contributed by atoms with Crippen LogP contribution in [0.4, 0.5) is 11.8 Å². The molecule has 10 nitrogen and oxygen atoms in total. The van der Waals surface area contributed by atoms with Gasteiger partial charge < -0.3 is 5.32 Å². The second kappa shape index (κ2) is 5.34. The fourth-order valence-electron chi connectivity index (χ4n) is 1.44. The zero-order chi connectivity index (χ0) is 13.9. The number of hydrazine groups is 1. The van der Waals surface area contributed by atoms with Crippen LogP contribution < -0.4 is 21.3 Å². The van der Waals surface area contributed by atoms with Crippen LogP contribution in [0.1, 0.15) is 0 Å². The third-order valence-electron chi connectivity index (χ3n) is 2.41. The molecule has 2 aromatic heterocycles. The number of nitrogen functional groups attached to an aromatic ring is 1. The lowest BCUT2D eigenvalue weighted by atomic mass is 10.4. The summed E-state index contributed by atoms with van der Waals surface area (Å²) < 4.78 is 24.8. The summed E-state index contributed by atoms with van der Waals surface area (Å²) >= 11 is 0. The SMILES string of the molecule is CNS(=O)(=O)CCNc1nc(NN)nc2[nH]ncc12. The quantitative estimate of drug-likeness (QED) is 0.321. The van der Waals surface area contributed by atoms with Gasteiger partial charge in [-0.05, 0) is 7.05 Å². The number of nitrogens with two attached hydrogens (primary N) is 1. The number of aromatic amines is 1. The number of fused-ring (bicyclic) bond motifs is 1. The molecule has 0 aliphatic carbocycles. The van der Waals surface area contributed by atoms with Gasteiger partial charge in [0, 0.05) is 6.54 Å². The van der Waals surface area contributed by atoms with Crippen LogP contribution in [0.5, 0.6) is 0 Å². The summed E-state index contributed by atoms with van der Waals surface area (Å²) in [5.41, 5.74) is 2.83. The van der Waals surface area contributed by atoms with E-state index in [0.717, 1.165) is 0 Å². The first kappa shape index (κ1) is 13.5. The Bertz CT molecular complexity index is 666. The highest BCUT2D eigenvalue weighted by Crippen LogP contribution is 2.19. The molecule has 11 heteroatoms. The van der Waals surface area contributed by atoms with Gasteiger partial charge in [0.25, 0.3) is 0 Å². The van der Waals surface area contributed by atoms with Crippen molar-refractivity contribution in [1.82, 2.24) is 24.9 Å². The molecule has 0 aliphatic heterocycles. The first-order valence-corrected chi connectivity index (χ1v) is 7.04. The van der Waals surface area contributed by atoms with E-state index in [4.69, 9.17) is 5.84 Å². The van der Waals surface area contributed by atoms with E-state index in [9.17, 15) is 8.42 Å². The minimum Gasteiger partial charge on any atom is -0.368 e. The minimum atomic E-state index is -3.26. The first-order valence-electron chi connectivity index (χ1n) is 5.38. The van der Waals surface area contributed by atoms with Crippen molar-refractivity contribution in [1.29, 1.82) is 0 Å². The summed E-state index contributed by atoms with van der Waals surface area (Å²) in [5, 5.41) is 10.1. The Labute approximate surface area is 109 Å². The molecule has 0 saturated heterocycles. The molecule has 104 valence electrons. The third-order valence-corrected chi connectivity index (χ3v) is 3.78. The molecule has 0 radical (unpaired) electrons. The van der Waals surface area contributed by atoms with E-state index in [-0.39, 0.29) is 18.2 Å². The third kappa shape index (κ3) is 3.07. The Morgan fingerprint density at radius 1 is 1.42 bits per heavy atom. The Hall–Kier alpha value is -1.98. The standard InChI is InChI=1S/C8H14N8O2S/c1-10-19(17,18)3-2-11-6-5-4-12-16-7(5)14-8(13-6)15-9/h4,10H,2-3,9H2,1H3,(H3,11,12,13,14,15,16). The molecular weight excluding hydrogens is 272 g/mol. The van der Waals surface area contributed by atoms with Crippen LogP contribution in [0.3, 0.4) is 0 Å². The van der Waals surface area contributed by atoms with Gasteiger partial charge in [-0.2, -0.15) is 15.1 Å². The Balaban J connectivity index is 2.17. The molecule has 6 N–H and O–H groups in total. The summed E-state index contributed by atoms with van der Waals surface area (Å²) in [5.74, 6) is 5.84. The van der Waals surface area contributed by atoms with Crippen LogP contribution in [0, 0.1) is 0 Å². The van der Waals surface area contributed by atoms with Crippen LogP contribution in [-0.4, -0.2) is 47.9 Å². The predicted molar refractivity (Wildman–Crippen MR) is 70.8 cm³/mol. The summed E-state index contributed by atoms with van der Waals surface area (Å²) in [4.78, 5) is 8.15. The second-order valence-electron chi connectivity index (χ2n) is 3.62. The Morgan fingerprint density at radius 2 is 2.21 bits per heavy atom. The highest BCUT2D eigenvalue weighted by atomic mass is 32.2. The number of hydrogen-bond donors (Lipinski definition) is 5. The van der Waals surface area contributed by atoms with Gasteiger partial charge in [-0.3, -0.25) is 10.5 Å². The fourth-order valence-corrected chi connectivity index (χ4v) is 2.01. The van der Waals surface area contributed by atoms with Gasteiger partial charge in [0.1, 0.15) is 5.82 Å². The lowest BCUT2D eigenvalue weighted by Crippen LogP contribution is -2.26. The number of aromatic nitrogens is 4.